The molecule has 0 aliphatic rings. The molecule has 0 bridgehead atoms. The number of nitrogens with two attached hydrogens (primary N) is 1. The number of nitrogen functional groups attached to an aromatic ring is 1. The molecular formula is C22H17BrClFN4O2. The van der Waals surface area contributed by atoms with E-state index >= 15 is 4.39 Å². The summed E-state index contributed by atoms with van der Waals surface area (Å²) < 4.78 is 26.6. The zero-order chi connectivity index (χ0) is 22.5. The third-order valence-electron chi connectivity index (χ3n) is 4.40. The number of rotatable bonds is 6. The summed E-state index contributed by atoms with van der Waals surface area (Å²) in [6.45, 7) is 0. The van der Waals surface area contributed by atoms with Gasteiger partial charge in [-0.05, 0) is 51.8 Å². The largest absolute Gasteiger partial charge is 0.481 e. The Morgan fingerprint density at radius 2 is 2.06 bits per heavy atom. The highest BCUT2D eigenvalue weighted by Gasteiger charge is 2.18. The van der Waals surface area contributed by atoms with Crippen molar-refractivity contribution in [3.8, 4) is 23.4 Å². The van der Waals surface area contributed by atoms with Gasteiger partial charge in [-0.3, -0.25) is 4.99 Å². The molecule has 0 aliphatic carbocycles. The van der Waals surface area contributed by atoms with Crippen molar-refractivity contribution in [2.75, 3.05) is 19.9 Å². The Morgan fingerprint density at radius 1 is 1.29 bits per heavy atom. The Bertz CT molecular complexity index is 1210. The summed E-state index contributed by atoms with van der Waals surface area (Å²) in [5.74, 6) is 0.250. The molecule has 0 spiro atoms. The van der Waals surface area contributed by atoms with Crippen LogP contribution in [0.1, 0.15) is 16.7 Å². The fourth-order valence-electron chi connectivity index (χ4n) is 2.90. The van der Waals surface area contributed by atoms with Gasteiger partial charge in [-0.2, -0.15) is 10.2 Å². The first-order valence-corrected chi connectivity index (χ1v) is 10.1. The van der Waals surface area contributed by atoms with Crippen LogP contribution in [0.3, 0.4) is 0 Å². The summed E-state index contributed by atoms with van der Waals surface area (Å²) in [5.41, 5.74) is 7.81. The minimum absolute atomic E-state index is 0.0278. The molecule has 3 aromatic rings. The normalized spacial score (nSPS) is 11.2. The molecule has 0 aliphatic heterocycles. The van der Waals surface area contributed by atoms with Crippen LogP contribution in [0.2, 0.25) is 5.02 Å². The zero-order valence-electron chi connectivity index (χ0n) is 16.6. The van der Waals surface area contributed by atoms with Crippen LogP contribution >= 0.6 is 27.5 Å². The Morgan fingerprint density at radius 3 is 2.71 bits per heavy atom. The van der Waals surface area contributed by atoms with E-state index in [4.69, 9.17) is 32.1 Å². The Labute approximate surface area is 192 Å². The fourth-order valence-corrected chi connectivity index (χ4v) is 3.51. The summed E-state index contributed by atoms with van der Waals surface area (Å²) in [5, 5.41) is 9.42. The van der Waals surface area contributed by atoms with Crippen LogP contribution in [-0.2, 0) is 6.42 Å². The summed E-state index contributed by atoms with van der Waals surface area (Å²) in [6.07, 6.45) is 0.156. The highest BCUT2D eigenvalue weighted by Crippen LogP contribution is 2.36. The van der Waals surface area contributed by atoms with Crippen LogP contribution in [0.4, 0.5) is 10.2 Å². The third-order valence-corrected chi connectivity index (χ3v) is 5.24. The maximum Gasteiger partial charge on any atom is 0.214 e. The van der Waals surface area contributed by atoms with Crippen molar-refractivity contribution in [2.24, 2.45) is 4.99 Å². The van der Waals surface area contributed by atoms with Crippen LogP contribution in [0.15, 0.2) is 51.9 Å². The van der Waals surface area contributed by atoms with Crippen molar-refractivity contribution in [3.05, 3.63) is 74.5 Å². The molecule has 0 saturated heterocycles. The van der Waals surface area contributed by atoms with Gasteiger partial charge in [-0.15, -0.1) is 0 Å². The highest BCUT2D eigenvalue weighted by molar-refractivity contribution is 9.10. The van der Waals surface area contributed by atoms with Crippen LogP contribution in [-0.4, -0.2) is 24.9 Å². The van der Waals surface area contributed by atoms with Crippen LogP contribution in [0.5, 0.6) is 17.4 Å². The quantitative estimate of drug-likeness (QED) is 0.445. The van der Waals surface area contributed by atoms with E-state index < -0.39 is 5.82 Å². The second-order valence-electron chi connectivity index (χ2n) is 6.37. The van der Waals surface area contributed by atoms with E-state index in [1.807, 2.05) is 6.07 Å². The first kappa shape index (κ1) is 22.5. The van der Waals surface area contributed by atoms with Crippen LogP contribution < -0.4 is 15.2 Å². The molecular weight excluding hydrogens is 487 g/mol. The van der Waals surface area contributed by atoms with Gasteiger partial charge in [0.2, 0.25) is 5.88 Å². The van der Waals surface area contributed by atoms with Crippen LogP contribution in [0, 0.1) is 17.1 Å². The van der Waals surface area contributed by atoms with Gasteiger partial charge in [0.1, 0.15) is 11.6 Å². The maximum absolute atomic E-state index is 15.4. The number of halogens is 3. The van der Waals surface area contributed by atoms with E-state index in [0.29, 0.717) is 37.8 Å². The first-order chi connectivity index (χ1) is 14.9. The SMILES string of the molecule is C/N=C(/Cc1ccc(Br)c(Oc2cc(Cl)cc(C#N)c2)c1F)c1ccc(OC)nc1N. The minimum Gasteiger partial charge on any atom is -0.481 e. The predicted molar refractivity (Wildman–Crippen MR) is 122 cm³/mol. The van der Waals surface area contributed by atoms with Gasteiger partial charge in [-0.1, -0.05) is 17.7 Å². The minimum atomic E-state index is -0.575. The van der Waals surface area contributed by atoms with Gasteiger partial charge < -0.3 is 15.2 Å². The van der Waals surface area contributed by atoms with Gasteiger partial charge in [-0.25, -0.2) is 4.39 Å². The van der Waals surface area contributed by atoms with E-state index in [1.165, 1.54) is 25.3 Å². The molecule has 1 aromatic heterocycles. The van der Waals surface area contributed by atoms with Crippen molar-refractivity contribution >= 4 is 39.1 Å². The highest BCUT2D eigenvalue weighted by atomic mass is 79.9. The molecule has 158 valence electrons. The molecule has 0 unspecified atom stereocenters. The lowest BCUT2D eigenvalue weighted by Crippen LogP contribution is -2.11. The van der Waals surface area contributed by atoms with Gasteiger partial charge in [0, 0.05) is 35.8 Å². The predicted octanol–water partition coefficient (Wildman–Crippen LogP) is 5.55. The molecule has 0 atom stereocenters. The van der Waals surface area contributed by atoms with E-state index in [9.17, 15) is 0 Å². The van der Waals surface area contributed by atoms with E-state index in [-0.39, 0.29) is 23.7 Å². The molecule has 0 saturated carbocycles. The molecule has 1 heterocycles. The fraction of sp³-hybridized carbons (Fsp3) is 0.136. The lowest BCUT2D eigenvalue weighted by molar-refractivity contribution is 0.398. The number of pyridine rings is 1. The molecule has 2 aromatic carbocycles. The third kappa shape index (κ3) is 5.13. The average Bonchev–Trinajstić information content (AvgIpc) is 2.76. The summed E-state index contributed by atoms with van der Waals surface area (Å²) in [7, 11) is 3.09. The number of hydrogen-bond donors (Lipinski definition) is 1. The number of ether oxygens (including phenoxy) is 2. The van der Waals surface area contributed by atoms with Crippen molar-refractivity contribution in [3.63, 3.8) is 0 Å². The number of hydrogen-bond acceptors (Lipinski definition) is 6. The lowest BCUT2D eigenvalue weighted by atomic mass is 10.0. The van der Waals surface area contributed by atoms with Gasteiger partial charge in [0.25, 0.3) is 0 Å². The second kappa shape index (κ2) is 9.77. The summed E-state index contributed by atoms with van der Waals surface area (Å²) in [4.78, 5) is 8.41. The van der Waals surface area contributed by atoms with Crippen molar-refractivity contribution in [1.29, 1.82) is 5.26 Å². The smallest absolute Gasteiger partial charge is 0.214 e. The molecule has 2 N–H and O–H groups in total. The zero-order valence-corrected chi connectivity index (χ0v) is 19.0. The molecule has 0 amide bonds. The first-order valence-electron chi connectivity index (χ1n) is 8.98. The van der Waals surface area contributed by atoms with Gasteiger partial charge >= 0.3 is 0 Å². The van der Waals surface area contributed by atoms with Gasteiger partial charge in [0.15, 0.2) is 11.6 Å². The number of nitrogens with zero attached hydrogens (tertiary/aromatic N) is 3. The Balaban J connectivity index is 1.95. The topological polar surface area (TPSA) is 93.5 Å². The van der Waals surface area contributed by atoms with Crippen molar-refractivity contribution in [2.45, 2.75) is 6.42 Å². The maximum atomic E-state index is 15.4. The molecule has 6 nitrogen and oxygen atoms in total. The summed E-state index contributed by atoms with van der Waals surface area (Å²) in [6, 6.07) is 13.2. The van der Waals surface area contributed by atoms with E-state index in [1.54, 1.807) is 31.3 Å². The average molecular weight is 504 g/mol. The molecule has 0 fully saturated rings. The van der Waals surface area contributed by atoms with E-state index in [2.05, 4.69) is 25.9 Å². The van der Waals surface area contributed by atoms with Crippen molar-refractivity contribution < 1.29 is 13.9 Å². The van der Waals surface area contributed by atoms with Crippen LogP contribution in [0.25, 0.3) is 0 Å². The number of aliphatic imine (C=N–C) groups is 1. The molecule has 9 heteroatoms. The molecule has 3 rings (SSSR count). The number of methoxy groups -OCH3 is 1. The second-order valence-corrected chi connectivity index (χ2v) is 7.66. The molecule has 0 radical (unpaired) electrons. The van der Waals surface area contributed by atoms with Gasteiger partial charge in [0.05, 0.1) is 23.2 Å². The number of aromatic nitrogens is 1. The standard InChI is InChI=1S/C22H17BrClFN4O2/c1-28-18(16-4-6-19(30-2)29-22(16)27)9-13-3-5-17(23)21(20(13)25)31-15-8-12(11-26)7-14(24)10-15/h3-8,10H,9H2,1-2H3,(H2,27,29)/b28-18-. The Kier molecular flexibility index (Phi) is 7.10. The molecule has 31 heavy (non-hydrogen) atoms. The Hall–Kier alpha value is -3.15. The number of anilines is 1. The van der Waals surface area contributed by atoms with Crippen molar-refractivity contribution in [1.82, 2.24) is 4.98 Å². The van der Waals surface area contributed by atoms with E-state index in [0.717, 1.165) is 0 Å². The number of benzene rings is 2. The monoisotopic (exact) mass is 502 g/mol. The lowest BCUT2D eigenvalue weighted by Gasteiger charge is -2.14. The summed E-state index contributed by atoms with van der Waals surface area (Å²) >= 11 is 9.33. The number of nitriles is 1.